The fraction of sp³-hybridized carbons (Fsp3) is 0.375. The number of alkyl halides is 5. The molecule has 0 N–H and O–H groups in total. The highest BCUT2D eigenvalue weighted by molar-refractivity contribution is 5.64. The monoisotopic (exact) mass is 405 g/mol. The fourth-order valence-electron chi connectivity index (χ4n) is 2.36. The molecule has 6 nitrogen and oxygen atoms in total. The molecule has 0 radical (unpaired) electrons. The predicted octanol–water partition coefficient (Wildman–Crippen LogP) is 4.08. The molecule has 3 rings (SSSR count). The van der Waals surface area contributed by atoms with Crippen LogP contribution in [0.2, 0.25) is 0 Å². The maximum Gasteiger partial charge on any atom is 0.425 e. The van der Waals surface area contributed by atoms with E-state index in [1.165, 1.54) is 6.07 Å². The van der Waals surface area contributed by atoms with Crippen LogP contribution in [0.25, 0.3) is 16.9 Å². The van der Waals surface area contributed by atoms with E-state index in [4.69, 9.17) is 0 Å². The van der Waals surface area contributed by atoms with Crippen LogP contribution in [0.1, 0.15) is 25.2 Å². The Balaban J connectivity index is 2.03. The lowest BCUT2D eigenvalue weighted by atomic mass is 10.1. The first-order valence-electron chi connectivity index (χ1n) is 7.88. The van der Waals surface area contributed by atoms with Crippen LogP contribution >= 0.6 is 0 Å². The van der Waals surface area contributed by atoms with Crippen molar-refractivity contribution in [3.8, 4) is 17.1 Å². The number of hydrogen-bond acceptors (Lipinski definition) is 5. The Morgan fingerprint density at radius 1 is 1.11 bits per heavy atom. The van der Waals surface area contributed by atoms with Gasteiger partial charge >= 0.3 is 12.1 Å². The highest BCUT2D eigenvalue weighted by atomic mass is 19.4. The van der Waals surface area contributed by atoms with Gasteiger partial charge in [-0.05, 0) is 31.5 Å². The quantitative estimate of drug-likeness (QED) is 0.612. The van der Waals surface area contributed by atoms with Crippen LogP contribution in [0, 0.1) is 12.7 Å². The van der Waals surface area contributed by atoms with Crippen molar-refractivity contribution < 1.29 is 31.1 Å². The van der Waals surface area contributed by atoms with E-state index in [2.05, 4.69) is 25.0 Å². The first-order valence-corrected chi connectivity index (χ1v) is 7.88. The topological polar surface area (TPSA) is 65.2 Å². The van der Waals surface area contributed by atoms with Crippen molar-refractivity contribution in [1.82, 2.24) is 24.8 Å². The lowest BCUT2D eigenvalue weighted by Crippen LogP contribution is -2.31. The van der Waals surface area contributed by atoms with Gasteiger partial charge in [-0.1, -0.05) is 0 Å². The molecule has 3 heterocycles. The lowest BCUT2D eigenvalue weighted by Gasteiger charge is -2.17. The molecule has 0 saturated carbocycles. The number of pyridine rings is 1. The van der Waals surface area contributed by atoms with E-state index in [1.807, 2.05) is 0 Å². The molecule has 3 aromatic rings. The summed E-state index contributed by atoms with van der Waals surface area (Å²) in [7, 11) is 0. The average Bonchev–Trinajstić information content (AvgIpc) is 2.97. The third-order valence-corrected chi connectivity index (χ3v) is 3.81. The molecular formula is C16H13F6N5O. The molecule has 3 aromatic heterocycles. The number of aryl methyl sites for hydroxylation is 1. The summed E-state index contributed by atoms with van der Waals surface area (Å²) >= 11 is 0. The van der Waals surface area contributed by atoms with Gasteiger partial charge in [0.05, 0.1) is 5.69 Å². The smallest absolute Gasteiger partial charge is 0.425 e. The van der Waals surface area contributed by atoms with Crippen molar-refractivity contribution >= 4 is 5.65 Å². The van der Waals surface area contributed by atoms with Gasteiger partial charge in [0.2, 0.25) is 5.82 Å². The predicted molar refractivity (Wildman–Crippen MR) is 84.4 cm³/mol. The van der Waals surface area contributed by atoms with Crippen LogP contribution in [0.3, 0.4) is 0 Å². The Bertz CT molecular complexity index is 1030. The Hall–Kier alpha value is -2.92. The van der Waals surface area contributed by atoms with Crippen LogP contribution in [-0.4, -0.2) is 37.1 Å². The largest absolute Gasteiger partial charge is 0.463 e. The number of rotatable bonds is 4. The fourth-order valence-corrected chi connectivity index (χ4v) is 2.36. The van der Waals surface area contributed by atoms with E-state index in [9.17, 15) is 26.3 Å². The van der Waals surface area contributed by atoms with Gasteiger partial charge < -0.3 is 4.74 Å². The molecule has 0 spiro atoms. The molecule has 0 unspecified atom stereocenters. The SMILES string of the molecule is Cc1cc2nnc(C(C)(F)F)n2nc1-c1cnc(O[C@H](C)C(F)(F)F)c(F)c1. The van der Waals surface area contributed by atoms with Crippen molar-refractivity contribution in [3.05, 3.63) is 35.5 Å². The van der Waals surface area contributed by atoms with E-state index in [0.29, 0.717) is 19.4 Å². The van der Waals surface area contributed by atoms with Crippen LogP contribution in [0.5, 0.6) is 5.88 Å². The first kappa shape index (κ1) is 19.8. The average molecular weight is 405 g/mol. The zero-order valence-electron chi connectivity index (χ0n) is 14.7. The Kier molecular flexibility index (Phi) is 4.68. The van der Waals surface area contributed by atoms with Crippen molar-refractivity contribution in [3.63, 3.8) is 0 Å². The number of halogens is 6. The second-order valence-electron chi connectivity index (χ2n) is 6.17. The summed E-state index contributed by atoms with van der Waals surface area (Å²) in [6, 6.07) is 2.28. The molecule has 0 amide bonds. The van der Waals surface area contributed by atoms with Gasteiger partial charge in [0.1, 0.15) is 0 Å². The molecule has 0 aromatic carbocycles. The van der Waals surface area contributed by atoms with Crippen LogP contribution < -0.4 is 4.74 Å². The van der Waals surface area contributed by atoms with E-state index in [-0.39, 0.29) is 16.9 Å². The second-order valence-corrected chi connectivity index (χ2v) is 6.17. The molecule has 1 atom stereocenters. The third-order valence-electron chi connectivity index (χ3n) is 3.81. The van der Waals surface area contributed by atoms with Crippen molar-refractivity contribution in [2.45, 2.75) is 39.0 Å². The molecular weight excluding hydrogens is 392 g/mol. The molecule has 0 fully saturated rings. The normalized spacial score (nSPS) is 13.8. The summed E-state index contributed by atoms with van der Waals surface area (Å²) in [4.78, 5) is 3.56. The van der Waals surface area contributed by atoms with Gasteiger partial charge in [0.25, 0.3) is 5.88 Å². The number of aromatic nitrogens is 5. The molecule has 28 heavy (non-hydrogen) atoms. The summed E-state index contributed by atoms with van der Waals surface area (Å²) in [6.07, 6.45) is -5.91. The molecule has 0 saturated heterocycles. The van der Waals surface area contributed by atoms with E-state index >= 15 is 0 Å². The van der Waals surface area contributed by atoms with Crippen molar-refractivity contribution in [1.29, 1.82) is 0 Å². The molecule has 0 aliphatic heterocycles. The maximum absolute atomic E-state index is 14.2. The van der Waals surface area contributed by atoms with Gasteiger partial charge in [-0.15, -0.1) is 10.2 Å². The minimum atomic E-state index is -4.69. The third kappa shape index (κ3) is 3.71. The number of fused-ring (bicyclic) bond motifs is 1. The second kappa shape index (κ2) is 6.60. The molecule has 0 aliphatic carbocycles. The minimum Gasteiger partial charge on any atom is -0.463 e. The lowest BCUT2D eigenvalue weighted by molar-refractivity contribution is -0.190. The molecule has 150 valence electrons. The Morgan fingerprint density at radius 2 is 1.79 bits per heavy atom. The van der Waals surface area contributed by atoms with Crippen LogP contribution in [0.4, 0.5) is 26.3 Å². The maximum atomic E-state index is 14.2. The molecule has 0 aliphatic rings. The highest BCUT2D eigenvalue weighted by Gasteiger charge is 2.39. The van der Waals surface area contributed by atoms with Crippen molar-refractivity contribution in [2.75, 3.05) is 0 Å². The van der Waals surface area contributed by atoms with Gasteiger partial charge in [-0.25, -0.2) is 9.37 Å². The summed E-state index contributed by atoms with van der Waals surface area (Å²) in [5, 5.41) is 11.1. The Labute approximate surface area is 154 Å². The molecule has 12 heteroatoms. The first-order chi connectivity index (χ1) is 12.9. The molecule has 0 bridgehead atoms. The Morgan fingerprint density at radius 3 is 2.36 bits per heavy atom. The van der Waals surface area contributed by atoms with Gasteiger partial charge in [-0.2, -0.15) is 31.6 Å². The summed E-state index contributed by atoms with van der Waals surface area (Å²) in [5.41, 5.74) is 0.650. The van der Waals surface area contributed by atoms with Gasteiger partial charge in [-0.3, -0.25) is 0 Å². The minimum absolute atomic E-state index is 0.0583. The number of ether oxygens (including phenoxy) is 1. The highest BCUT2D eigenvalue weighted by Crippen LogP contribution is 2.30. The van der Waals surface area contributed by atoms with Crippen LogP contribution in [-0.2, 0) is 5.92 Å². The number of hydrogen-bond donors (Lipinski definition) is 0. The zero-order chi connectivity index (χ0) is 20.9. The van der Waals surface area contributed by atoms with Crippen molar-refractivity contribution in [2.24, 2.45) is 0 Å². The summed E-state index contributed by atoms with van der Waals surface area (Å²) in [6.45, 7) is 2.92. The standard InChI is InChI=1S/C16H13F6N5O/c1-7-4-11-24-25-14(15(3,18)19)27(11)26-12(7)9-5-10(17)13(23-6-9)28-8(2)16(20,21)22/h4-6,8H,1-3H3/t8-/m1/s1. The van der Waals surface area contributed by atoms with Gasteiger partial charge in [0, 0.05) is 18.7 Å². The summed E-state index contributed by atoms with van der Waals surface area (Å²) in [5.74, 6) is -6.03. The van der Waals surface area contributed by atoms with E-state index in [1.54, 1.807) is 6.92 Å². The van der Waals surface area contributed by atoms with Gasteiger partial charge in [0.15, 0.2) is 17.6 Å². The summed E-state index contributed by atoms with van der Waals surface area (Å²) < 4.78 is 84.5. The van der Waals surface area contributed by atoms with Crippen LogP contribution in [0.15, 0.2) is 18.3 Å². The number of nitrogens with zero attached hydrogens (tertiary/aromatic N) is 5. The zero-order valence-corrected chi connectivity index (χ0v) is 14.7. The van der Waals surface area contributed by atoms with E-state index in [0.717, 1.165) is 16.8 Å². The van der Waals surface area contributed by atoms with E-state index < -0.39 is 35.7 Å².